The maximum absolute atomic E-state index is 6.45. The lowest BCUT2D eigenvalue weighted by Crippen LogP contribution is -2.05. The van der Waals surface area contributed by atoms with E-state index in [1.165, 1.54) is 0 Å². The Balaban J connectivity index is 1.97. The van der Waals surface area contributed by atoms with E-state index in [1.54, 1.807) is 4.68 Å². The van der Waals surface area contributed by atoms with Crippen molar-refractivity contribution in [3.8, 4) is 0 Å². The van der Waals surface area contributed by atoms with Crippen molar-refractivity contribution in [1.82, 2.24) is 20.0 Å². The monoisotopic (exact) mass is 301 g/mol. The number of benzene rings is 1. The van der Waals surface area contributed by atoms with Gasteiger partial charge in [-0.1, -0.05) is 35.0 Å². The van der Waals surface area contributed by atoms with Crippen LogP contribution in [0.3, 0.4) is 0 Å². The van der Waals surface area contributed by atoms with E-state index in [-0.39, 0.29) is 0 Å². The Hall–Kier alpha value is -1.98. The van der Waals surface area contributed by atoms with E-state index in [2.05, 4.69) is 15.3 Å². The molecule has 108 valence electrons. The average Bonchev–Trinajstić information content (AvgIpc) is 2.92. The second kappa shape index (κ2) is 5.79. The predicted octanol–water partition coefficient (Wildman–Crippen LogP) is 2.34. The van der Waals surface area contributed by atoms with E-state index < -0.39 is 0 Å². The topological polar surface area (TPSA) is 69.6 Å². The first kappa shape index (κ1) is 14.0. The van der Waals surface area contributed by atoms with Gasteiger partial charge in [0.25, 0.3) is 0 Å². The Kier molecular flexibility index (Phi) is 3.86. The summed E-state index contributed by atoms with van der Waals surface area (Å²) in [6.07, 6.45) is 2.60. The molecule has 0 amide bonds. The number of para-hydroxylation sites is 1. The highest BCUT2D eigenvalue weighted by Gasteiger charge is 2.11. The van der Waals surface area contributed by atoms with E-state index in [9.17, 15) is 0 Å². The third-order valence-corrected chi connectivity index (χ3v) is 3.95. The van der Waals surface area contributed by atoms with Gasteiger partial charge in [-0.2, -0.15) is 0 Å². The molecule has 0 aliphatic carbocycles. The number of rotatable bonds is 4. The van der Waals surface area contributed by atoms with Gasteiger partial charge >= 0.3 is 0 Å². The predicted molar refractivity (Wildman–Crippen MR) is 83.4 cm³/mol. The van der Waals surface area contributed by atoms with Crippen LogP contribution in [0.1, 0.15) is 17.0 Å². The highest BCUT2D eigenvalue weighted by atomic mass is 35.5. The Morgan fingerprint density at radius 3 is 2.90 bits per heavy atom. The fourth-order valence-electron chi connectivity index (χ4n) is 2.35. The molecule has 0 radical (unpaired) electrons. The number of halogens is 1. The van der Waals surface area contributed by atoms with Gasteiger partial charge in [0.05, 0.1) is 28.5 Å². The van der Waals surface area contributed by atoms with Gasteiger partial charge in [-0.05, 0) is 25.1 Å². The molecule has 0 atom stereocenters. The summed E-state index contributed by atoms with van der Waals surface area (Å²) in [4.78, 5) is 4.64. The first-order valence-electron chi connectivity index (χ1n) is 6.82. The smallest absolute Gasteiger partial charge is 0.0864 e. The molecular formula is C15H16ClN5. The van der Waals surface area contributed by atoms with Crippen molar-refractivity contribution in [2.45, 2.75) is 19.9 Å². The van der Waals surface area contributed by atoms with Crippen molar-refractivity contribution in [2.75, 3.05) is 6.54 Å². The molecule has 0 saturated heterocycles. The van der Waals surface area contributed by atoms with Gasteiger partial charge in [0.1, 0.15) is 0 Å². The lowest BCUT2D eigenvalue weighted by molar-refractivity contribution is 0.639. The van der Waals surface area contributed by atoms with E-state index in [1.807, 2.05) is 37.4 Å². The standard InChI is InChI=1S/C15H16ClN5/c1-10-12-4-2-3-5-13(12)18-14(15(10)16)9-21-8-11(6-7-17)19-20-21/h2-5,8H,6-7,9,17H2,1H3. The van der Waals surface area contributed by atoms with Crippen molar-refractivity contribution in [2.24, 2.45) is 5.73 Å². The van der Waals surface area contributed by atoms with Gasteiger partial charge in [0.15, 0.2) is 0 Å². The van der Waals surface area contributed by atoms with Crippen molar-refractivity contribution in [3.63, 3.8) is 0 Å². The van der Waals surface area contributed by atoms with Crippen molar-refractivity contribution in [1.29, 1.82) is 0 Å². The Bertz CT molecular complexity index is 781. The van der Waals surface area contributed by atoms with Gasteiger partial charge in [-0.3, -0.25) is 0 Å². The zero-order valence-electron chi connectivity index (χ0n) is 11.8. The molecule has 3 rings (SSSR count). The van der Waals surface area contributed by atoms with Crippen LogP contribution in [0.5, 0.6) is 0 Å². The van der Waals surface area contributed by atoms with Crippen molar-refractivity contribution in [3.05, 3.63) is 52.4 Å². The molecule has 0 aliphatic rings. The molecule has 0 spiro atoms. The number of pyridine rings is 1. The molecule has 0 fully saturated rings. The van der Waals surface area contributed by atoms with Crippen LogP contribution < -0.4 is 5.73 Å². The molecule has 0 unspecified atom stereocenters. The number of aryl methyl sites for hydroxylation is 1. The Morgan fingerprint density at radius 1 is 1.29 bits per heavy atom. The minimum Gasteiger partial charge on any atom is -0.330 e. The van der Waals surface area contributed by atoms with Crippen LogP contribution in [-0.2, 0) is 13.0 Å². The van der Waals surface area contributed by atoms with E-state index in [4.69, 9.17) is 17.3 Å². The quantitative estimate of drug-likeness (QED) is 0.803. The number of hydrogen-bond acceptors (Lipinski definition) is 4. The average molecular weight is 302 g/mol. The number of aromatic nitrogens is 4. The molecular weight excluding hydrogens is 286 g/mol. The minimum absolute atomic E-state index is 0.502. The summed E-state index contributed by atoms with van der Waals surface area (Å²) in [6.45, 7) is 3.08. The summed E-state index contributed by atoms with van der Waals surface area (Å²) in [5.74, 6) is 0. The van der Waals surface area contributed by atoms with Crippen LogP contribution in [-0.4, -0.2) is 26.5 Å². The summed E-state index contributed by atoms with van der Waals surface area (Å²) >= 11 is 6.45. The third kappa shape index (κ3) is 2.75. The van der Waals surface area contributed by atoms with Crippen LogP contribution in [0.25, 0.3) is 10.9 Å². The van der Waals surface area contributed by atoms with Gasteiger partial charge < -0.3 is 5.73 Å². The van der Waals surface area contributed by atoms with E-state index in [0.717, 1.165) is 34.3 Å². The fourth-order valence-corrected chi connectivity index (χ4v) is 2.56. The molecule has 3 aromatic rings. The summed E-state index contributed by atoms with van der Waals surface area (Å²) < 4.78 is 1.74. The Morgan fingerprint density at radius 2 is 2.10 bits per heavy atom. The summed E-state index contributed by atoms with van der Waals surface area (Å²) in [6, 6.07) is 7.98. The number of fused-ring (bicyclic) bond motifs is 1. The van der Waals surface area contributed by atoms with Gasteiger partial charge in [0, 0.05) is 18.0 Å². The zero-order valence-corrected chi connectivity index (χ0v) is 12.5. The third-order valence-electron chi connectivity index (χ3n) is 3.44. The van der Waals surface area contributed by atoms with Crippen molar-refractivity contribution < 1.29 is 0 Å². The van der Waals surface area contributed by atoms with E-state index >= 15 is 0 Å². The van der Waals surface area contributed by atoms with E-state index in [0.29, 0.717) is 18.1 Å². The highest BCUT2D eigenvalue weighted by molar-refractivity contribution is 6.32. The molecule has 0 aliphatic heterocycles. The summed E-state index contributed by atoms with van der Waals surface area (Å²) in [7, 11) is 0. The Labute approximate surface area is 127 Å². The lowest BCUT2D eigenvalue weighted by atomic mass is 10.1. The van der Waals surface area contributed by atoms with Crippen LogP contribution in [0, 0.1) is 6.92 Å². The number of nitrogens with two attached hydrogens (primary N) is 1. The molecule has 21 heavy (non-hydrogen) atoms. The molecule has 0 saturated carbocycles. The molecule has 1 aromatic carbocycles. The summed E-state index contributed by atoms with van der Waals surface area (Å²) in [5, 5.41) is 9.93. The van der Waals surface area contributed by atoms with Gasteiger partial charge in [-0.15, -0.1) is 5.10 Å². The summed E-state index contributed by atoms with van der Waals surface area (Å²) in [5.41, 5.74) is 9.18. The largest absolute Gasteiger partial charge is 0.330 e. The van der Waals surface area contributed by atoms with Crippen LogP contribution in [0.2, 0.25) is 5.02 Å². The number of nitrogens with zero attached hydrogens (tertiary/aromatic N) is 4. The maximum Gasteiger partial charge on any atom is 0.0864 e. The van der Waals surface area contributed by atoms with Crippen LogP contribution >= 0.6 is 11.6 Å². The van der Waals surface area contributed by atoms with Crippen molar-refractivity contribution >= 4 is 22.5 Å². The molecule has 2 aromatic heterocycles. The maximum atomic E-state index is 6.45. The highest BCUT2D eigenvalue weighted by Crippen LogP contribution is 2.27. The molecule has 2 heterocycles. The second-order valence-corrected chi connectivity index (χ2v) is 5.34. The van der Waals surface area contributed by atoms with Gasteiger partial charge in [0.2, 0.25) is 0 Å². The lowest BCUT2D eigenvalue weighted by Gasteiger charge is -2.09. The van der Waals surface area contributed by atoms with Gasteiger partial charge in [-0.25, -0.2) is 9.67 Å². The molecule has 2 N–H and O–H groups in total. The SMILES string of the molecule is Cc1c(Cl)c(Cn2cc(CCN)nn2)nc2ccccc12. The molecule has 6 heteroatoms. The first-order valence-corrected chi connectivity index (χ1v) is 7.19. The fraction of sp³-hybridized carbons (Fsp3) is 0.267. The minimum atomic E-state index is 0.502. The normalized spacial score (nSPS) is 11.2. The van der Waals surface area contributed by atoms with Crippen LogP contribution in [0.4, 0.5) is 0 Å². The second-order valence-electron chi connectivity index (χ2n) is 4.96. The first-order chi connectivity index (χ1) is 10.2. The zero-order chi connectivity index (χ0) is 14.8. The number of hydrogen-bond donors (Lipinski definition) is 1. The molecule has 5 nitrogen and oxygen atoms in total. The molecule has 0 bridgehead atoms. The van der Waals surface area contributed by atoms with Crippen LogP contribution in [0.15, 0.2) is 30.5 Å².